The lowest BCUT2D eigenvalue weighted by Crippen LogP contribution is -2.09. The van der Waals surface area contributed by atoms with Crippen molar-refractivity contribution in [2.75, 3.05) is 5.33 Å². The summed E-state index contributed by atoms with van der Waals surface area (Å²) in [5.74, 6) is -1.50. The van der Waals surface area contributed by atoms with E-state index in [2.05, 4.69) is 15.9 Å². The molecular formula is C9H7BrFNO3. The topological polar surface area (TPSA) is 60.2 Å². The third-order valence-corrected chi connectivity index (χ3v) is 2.42. The first kappa shape index (κ1) is 11.8. The molecule has 4 nitrogen and oxygen atoms in total. The first-order chi connectivity index (χ1) is 6.99. The molecular weight excluding hydrogens is 269 g/mol. The van der Waals surface area contributed by atoms with E-state index in [1.54, 1.807) is 0 Å². The van der Waals surface area contributed by atoms with Gasteiger partial charge in [0.2, 0.25) is 0 Å². The van der Waals surface area contributed by atoms with Crippen LogP contribution < -0.4 is 0 Å². The van der Waals surface area contributed by atoms with Gasteiger partial charge in [0.25, 0.3) is 5.69 Å². The van der Waals surface area contributed by atoms with Crippen molar-refractivity contribution in [3.63, 3.8) is 0 Å². The third-order valence-electron chi connectivity index (χ3n) is 1.91. The van der Waals surface area contributed by atoms with Gasteiger partial charge in [-0.3, -0.25) is 14.9 Å². The number of Topliss-reactive ketones (excluding diaryl/α,β-unsaturated/α-hetero) is 1. The fourth-order valence-electron chi connectivity index (χ4n) is 1.24. The molecule has 1 aromatic carbocycles. The SMILES string of the molecule is Cc1ccc(F)c(C(=O)CBr)c1[N+](=O)[O-]. The fourth-order valence-corrected chi connectivity index (χ4v) is 1.52. The van der Waals surface area contributed by atoms with Crippen molar-refractivity contribution in [1.29, 1.82) is 0 Å². The van der Waals surface area contributed by atoms with Crippen LogP contribution in [0, 0.1) is 22.9 Å². The van der Waals surface area contributed by atoms with Crippen molar-refractivity contribution in [3.8, 4) is 0 Å². The quantitative estimate of drug-likeness (QED) is 0.369. The number of benzene rings is 1. The minimum atomic E-state index is -0.864. The maximum absolute atomic E-state index is 13.3. The molecule has 0 spiro atoms. The highest BCUT2D eigenvalue weighted by Crippen LogP contribution is 2.26. The van der Waals surface area contributed by atoms with E-state index < -0.39 is 27.8 Å². The summed E-state index contributed by atoms with van der Waals surface area (Å²) in [7, 11) is 0. The van der Waals surface area contributed by atoms with E-state index >= 15 is 0 Å². The van der Waals surface area contributed by atoms with Crippen molar-refractivity contribution in [1.82, 2.24) is 0 Å². The Balaban J connectivity index is 3.52. The normalized spacial score (nSPS) is 10.1. The molecule has 0 atom stereocenters. The molecule has 1 rings (SSSR count). The molecule has 0 heterocycles. The first-order valence-electron chi connectivity index (χ1n) is 4.01. The number of nitrogens with zero attached hydrogens (tertiary/aromatic N) is 1. The lowest BCUT2D eigenvalue weighted by Gasteiger charge is -2.03. The summed E-state index contributed by atoms with van der Waals surface area (Å²) >= 11 is 2.85. The number of rotatable bonds is 3. The number of carbonyl (C=O) groups is 1. The van der Waals surface area contributed by atoms with Gasteiger partial charge >= 0.3 is 0 Å². The molecule has 0 N–H and O–H groups in total. The second kappa shape index (κ2) is 4.48. The predicted octanol–water partition coefficient (Wildman–Crippen LogP) is 2.62. The second-order valence-electron chi connectivity index (χ2n) is 2.90. The Kier molecular flexibility index (Phi) is 3.52. The molecule has 0 bridgehead atoms. The Labute approximate surface area is 93.4 Å². The molecule has 15 heavy (non-hydrogen) atoms. The molecule has 0 aliphatic carbocycles. The fraction of sp³-hybridized carbons (Fsp3) is 0.222. The zero-order valence-corrected chi connectivity index (χ0v) is 9.38. The molecule has 6 heteroatoms. The average molecular weight is 276 g/mol. The van der Waals surface area contributed by atoms with Gasteiger partial charge in [-0.2, -0.15) is 0 Å². The Morgan fingerprint density at radius 1 is 1.60 bits per heavy atom. The molecule has 0 radical (unpaired) electrons. The number of hydrogen-bond donors (Lipinski definition) is 0. The maximum Gasteiger partial charge on any atom is 0.286 e. The van der Waals surface area contributed by atoms with Crippen LogP contribution in [0.2, 0.25) is 0 Å². The summed E-state index contributed by atoms with van der Waals surface area (Å²) in [6.07, 6.45) is 0. The molecule has 0 saturated heterocycles. The van der Waals surface area contributed by atoms with Crippen molar-refractivity contribution in [3.05, 3.63) is 39.2 Å². The number of nitro groups is 1. The van der Waals surface area contributed by atoms with Gasteiger partial charge in [-0.25, -0.2) is 4.39 Å². The smallest absolute Gasteiger partial charge is 0.286 e. The zero-order valence-electron chi connectivity index (χ0n) is 7.79. The molecule has 0 unspecified atom stereocenters. The van der Waals surface area contributed by atoms with Gasteiger partial charge in [-0.15, -0.1) is 0 Å². The molecule has 0 saturated carbocycles. The Morgan fingerprint density at radius 2 is 2.20 bits per heavy atom. The molecule has 80 valence electrons. The van der Waals surface area contributed by atoms with Crippen LogP contribution in [-0.4, -0.2) is 16.0 Å². The van der Waals surface area contributed by atoms with E-state index in [1.165, 1.54) is 13.0 Å². The van der Waals surface area contributed by atoms with E-state index in [1.807, 2.05) is 0 Å². The Morgan fingerprint density at radius 3 is 2.67 bits per heavy atom. The van der Waals surface area contributed by atoms with Crippen LogP contribution >= 0.6 is 15.9 Å². The van der Waals surface area contributed by atoms with E-state index in [0.29, 0.717) is 0 Å². The van der Waals surface area contributed by atoms with E-state index in [0.717, 1.165) is 6.07 Å². The molecule has 0 aliphatic heterocycles. The van der Waals surface area contributed by atoms with Crippen molar-refractivity contribution >= 4 is 27.4 Å². The lowest BCUT2D eigenvalue weighted by atomic mass is 10.0. The number of ketones is 1. The van der Waals surface area contributed by atoms with E-state index in [4.69, 9.17) is 0 Å². The molecule has 0 fully saturated rings. The van der Waals surface area contributed by atoms with Crippen molar-refractivity contribution < 1.29 is 14.1 Å². The third kappa shape index (κ3) is 2.20. The first-order valence-corrected chi connectivity index (χ1v) is 5.13. The van der Waals surface area contributed by atoms with Crippen LogP contribution in [0.15, 0.2) is 12.1 Å². The minimum absolute atomic E-state index is 0.145. The van der Waals surface area contributed by atoms with Gasteiger partial charge in [0.15, 0.2) is 5.78 Å². The lowest BCUT2D eigenvalue weighted by molar-refractivity contribution is -0.385. The van der Waals surface area contributed by atoms with E-state index in [9.17, 15) is 19.3 Å². The van der Waals surface area contributed by atoms with Crippen LogP contribution in [0.25, 0.3) is 0 Å². The highest BCUT2D eigenvalue weighted by Gasteiger charge is 2.25. The monoisotopic (exact) mass is 275 g/mol. The number of halogens is 2. The summed E-state index contributed by atoms with van der Waals surface area (Å²) in [5.41, 5.74) is -0.651. The Hall–Kier alpha value is -1.30. The molecule has 0 aromatic heterocycles. The van der Waals surface area contributed by atoms with Crippen LogP contribution in [0.1, 0.15) is 15.9 Å². The van der Waals surface area contributed by atoms with Gasteiger partial charge in [0, 0.05) is 5.56 Å². The zero-order chi connectivity index (χ0) is 11.6. The number of hydrogen-bond acceptors (Lipinski definition) is 3. The minimum Gasteiger partial charge on any atom is -0.293 e. The largest absolute Gasteiger partial charge is 0.293 e. The standard InChI is InChI=1S/C9H7BrFNO3/c1-5-2-3-6(11)8(7(13)4-10)9(5)12(14)15/h2-3H,4H2,1H3. The van der Waals surface area contributed by atoms with Gasteiger partial charge in [0.1, 0.15) is 11.4 Å². The van der Waals surface area contributed by atoms with Crippen LogP contribution in [0.4, 0.5) is 10.1 Å². The molecule has 0 amide bonds. The highest BCUT2D eigenvalue weighted by molar-refractivity contribution is 9.09. The average Bonchev–Trinajstić information content (AvgIpc) is 2.19. The van der Waals surface area contributed by atoms with Crippen LogP contribution in [0.3, 0.4) is 0 Å². The van der Waals surface area contributed by atoms with Crippen molar-refractivity contribution in [2.45, 2.75) is 6.92 Å². The predicted molar refractivity (Wildman–Crippen MR) is 55.9 cm³/mol. The molecule has 1 aromatic rings. The summed E-state index contributed by atoms with van der Waals surface area (Å²) in [5, 5.41) is 10.5. The summed E-state index contributed by atoms with van der Waals surface area (Å²) < 4.78 is 13.3. The number of alkyl halides is 1. The summed E-state index contributed by atoms with van der Waals surface area (Å²) in [6, 6.07) is 2.33. The van der Waals surface area contributed by atoms with Gasteiger partial charge in [-0.05, 0) is 19.1 Å². The van der Waals surface area contributed by atoms with Gasteiger partial charge in [-0.1, -0.05) is 15.9 Å². The van der Waals surface area contributed by atoms with Crippen LogP contribution in [0.5, 0.6) is 0 Å². The van der Waals surface area contributed by atoms with Crippen LogP contribution in [-0.2, 0) is 0 Å². The molecule has 0 aliphatic rings. The van der Waals surface area contributed by atoms with Gasteiger partial charge in [0.05, 0.1) is 10.3 Å². The van der Waals surface area contributed by atoms with Crippen molar-refractivity contribution in [2.24, 2.45) is 0 Å². The number of carbonyl (C=O) groups excluding carboxylic acids is 1. The summed E-state index contributed by atoms with van der Waals surface area (Å²) in [4.78, 5) is 21.3. The number of nitro benzene ring substituents is 1. The second-order valence-corrected chi connectivity index (χ2v) is 3.46. The highest BCUT2D eigenvalue weighted by atomic mass is 79.9. The van der Waals surface area contributed by atoms with E-state index in [-0.39, 0.29) is 10.9 Å². The number of aryl methyl sites for hydroxylation is 1. The maximum atomic E-state index is 13.3. The summed E-state index contributed by atoms with van der Waals surface area (Å²) in [6.45, 7) is 1.46. The van der Waals surface area contributed by atoms with Gasteiger partial charge < -0.3 is 0 Å². The Bertz CT molecular complexity index is 434.